The molecule has 0 saturated carbocycles. The number of hydrogen-bond acceptors (Lipinski definition) is 5. The van der Waals surface area contributed by atoms with Crippen LogP contribution in [0, 0.1) is 26.7 Å². The van der Waals surface area contributed by atoms with Crippen molar-refractivity contribution in [2.24, 2.45) is 5.92 Å². The summed E-state index contributed by atoms with van der Waals surface area (Å²) < 4.78 is 11.0. The summed E-state index contributed by atoms with van der Waals surface area (Å²) in [7, 11) is 0. The molecule has 1 fully saturated rings. The fourth-order valence-electron chi connectivity index (χ4n) is 3.38. The van der Waals surface area contributed by atoms with Crippen LogP contribution in [0.25, 0.3) is 0 Å². The molecule has 0 amide bonds. The number of benzene rings is 1. The summed E-state index contributed by atoms with van der Waals surface area (Å²) in [6.07, 6.45) is 2.00. The Balaban J connectivity index is 1.79. The summed E-state index contributed by atoms with van der Waals surface area (Å²) >= 11 is 6.14. The van der Waals surface area contributed by atoms with Gasteiger partial charge >= 0.3 is 0 Å². The van der Waals surface area contributed by atoms with E-state index in [0.29, 0.717) is 17.6 Å². The number of aryl methyl sites for hydroxylation is 3. The molecule has 1 aromatic carbocycles. The molecule has 2 aromatic rings. The molecule has 1 N–H and O–H groups in total. The van der Waals surface area contributed by atoms with Gasteiger partial charge in [0.1, 0.15) is 0 Å². The third kappa shape index (κ3) is 3.97. The largest absolute Gasteiger partial charge is 0.381 e. The maximum atomic E-state index is 6.14. The van der Waals surface area contributed by atoms with Gasteiger partial charge in [-0.1, -0.05) is 16.8 Å². The molecule has 0 unspecified atom stereocenters. The molecular weight excluding hydrogens is 326 g/mol. The minimum absolute atomic E-state index is 0.0459. The molecule has 1 aliphatic heterocycles. The highest BCUT2D eigenvalue weighted by Crippen LogP contribution is 2.30. The fraction of sp³-hybridized carbons (Fsp3) is 0.556. The Morgan fingerprint density at radius 3 is 2.46 bits per heavy atom. The van der Waals surface area contributed by atoms with E-state index in [1.807, 2.05) is 19.1 Å². The summed E-state index contributed by atoms with van der Waals surface area (Å²) in [5.74, 6) is 1.78. The van der Waals surface area contributed by atoms with Crippen LogP contribution in [0.15, 0.2) is 16.7 Å². The van der Waals surface area contributed by atoms with Crippen molar-refractivity contribution in [3.05, 3.63) is 45.6 Å². The van der Waals surface area contributed by atoms with Crippen molar-refractivity contribution in [2.45, 2.75) is 46.2 Å². The smallest absolute Gasteiger partial charge is 0.244 e. The predicted molar refractivity (Wildman–Crippen MR) is 93.1 cm³/mol. The molecular formula is C18H24ClN3O2. The van der Waals surface area contributed by atoms with Crippen molar-refractivity contribution in [3.8, 4) is 0 Å². The zero-order chi connectivity index (χ0) is 17.1. The summed E-state index contributed by atoms with van der Waals surface area (Å²) in [6, 6.07) is 4.06. The van der Waals surface area contributed by atoms with Crippen LogP contribution < -0.4 is 5.32 Å². The number of aromatic nitrogens is 2. The van der Waals surface area contributed by atoms with Gasteiger partial charge in [-0.05, 0) is 68.4 Å². The zero-order valence-corrected chi connectivity index (χ0v) is 15.2. The molecule has 5 nitrogen and oxygen atoms in total. The van der Waals surface area contributed by atoms with Crippen molar-refractivity contribution in [3.63, 3.8) is 0 Å². The van der Waals surface area contributed by atoms with Gasteiger partial charge in [0.15, 0.2) is 5.82 Å². The SMILES string of the molecule is Cc1noc([C@@H](NCc2c(C)cc(Cl)cc2C)C2CCOCC2)n1. The van der Waals surface area contributed by atoms with Crippen molar-refractivity contribution in [1.29, 1.82) is 0 Å². The van der Waals surface area contributed by atoms with Crippen molar-refractivity contribution in [2.75, 3.05) is 13.2 Å². The second-order valence-corrected chi connectivity index (χ2v) is 6.94. The predicted octanol–water partition coefficient (Wildman–Crippen LogP) is 3.91. The Kier molecular flexibility index (Phi) is 5.54. The Hall–Kier alpha value is -1.43. The van der Waals surface area contributed by atoms with Gasteiger partial charge in [0.2, 0.25) is 5.89 Å². The highest BCUT2D eigenvalue weighted by atomic mass is 35.5. The van der Waals surface area contributed by atoms with E-state index in [4.69, 9.17) is 20.9 Å². The molecule has 0 bridgehead atoms. The fourth-order valence-corrected chi connectivity index (χ4v) is 3.70. The monoisotopic (exact) mass is 349 g/mol. The summed E-state index contributed by atoms with van der Waals surface area (Å²) in [6.45, 7) is 8.36. The van der Waals surface area contributed by atoms with Crippen LogP contribution in [-0.2, 0) is 11.3 Å². The molecule has 6 heteroatoms. The molecule has 1 saturated heterocycles. The Labute approximate surface area is 147 Å². The average Bonchev–Trinajstić information content (AvgIpc) is 2.97. The van der Waals surface area contributed by atoms with Crippen LogP contribution in [0.2, 0.25) is 5.02 Å². The lowest BCUT2D eigenvalue weighted by Gasteiger charge is -2.29. The van der Waals surface area contributed by atoms with Gasteiger partial charge in [-0.3, -0.25) is 0 Å². The molecule has 3 rings (SSSR count). The van der Waals surface area contributed by atoms with Gasteiger partial charge in [0.05, 0.1) is 6.04 Å². The average molecular weight is 350 g/mol. The lowest BCUT2D eigenvalue weighted by atomic mass is 9.91. The molecule has 2 heterocycles. The number of halogens is 1. The van der Waals surface area contributed by atoms with Crippen LogP contribution >= 0.6 is 11.6 Å². The molecule has 130 valence electrons. The molecule has 24 heavy (non-hydrogen) atoms. The standard InChI is InChI=1S/C18H24ClN3O2/c1-11-8-15(19)9-12(2)16(11)10-20-17(14-4-6-23-7-5-14)18-21-13(3)22-24-18/h8-9,14,17,20H,4-7,10H2,1-3H3/t17-/m0/s1. The van der Waals surface area contributed by atoms with E-state index in [1.165, 1.54) is 16.7 Å². The molecule has 1 aromatic heterocycles. The first kappa shape index (κ1) is 17.4. The lowest BCUT2D eigenvalue weighted by molar-refractivity contribution is 0.0485. The number of hydrogen-bond donors (Lipinski definition) is 1. The van der Waals surface area contributed by atoms with Gasteiger partial charge in [-0.25, -0.2) is 0 Å². The van der Waals surface area contributed by atoms with E-state index in [9.17, 15) is 0 Å². The van der Waals surface area contributed by atoms with Gasteiger partial charge < -0.3 is 14.6 Å². The number of nitrogens with one attached hydrogen (secondary N) is 1. The molecule has 1 atom stereocenters. The van der Waals surface area contributed by atoms with Gasteiger partial charge in [-0.2, -0.15) is 4.98 Å². The van der Waals surface area contributed by atoms with Crippen LogP contribution in [0.5, 0.6) is 0 Å². The Morgan fingerprint density at radius 1 is 1.21 bits per heavy atom. The molecule has 0 aliphatic carbocycles. The maximum absolute atomic E-state index is 6.14. The summed E-state index contributed by atoms with van der Waals surface area (Å²) in [5.41, 5.74) is 3.66. The van der Waals surface area contributed by atoms with E-state index >= 15 is 0 Å². The van der Waals surface area contributed by atoms with Crippen LogP contribution in [-0.4, -0.2) is 23.4 Å². The normalized spacial score (nSPS) is 17.2. The highest BCUT2D eigenvalue weighted by molar-refractivity contribution is 6.30. The lowest BCUT2D eigenvalue weighted by Crippen LogP contribution is -2.32. The van der Waals surface area contributed by atoms with Crippen molar-refractivity contribution < 1.29 is 9.26 Å². The second-order valence-electron chi connectivity index (χ2n) is 6.51. The van der Waals surface area contributed by atoms with E-state index in [1.54, 1.807) is 0 Å². The van der Waals surface area contributed by atoms with Crippen LogP contribution in [0.1, 0.15) is 47.3 Å². The zero-order valence-electron chi connectivity index (χ0n) is 14.4. The molecule has 0 radical (unpaired) electrons. The molecule has 1 aliphatic rings. The quantitative estimate of drug-likeness (QED) is 0.886. The van der Waals surface area contributed by atoms with E-state index in [0.717, 1.165) is 37.6 Å². The van der Waals surface area contributed by atoms with Gasteiger partial charge in [0.25, 0.3) is 0 Å². The molecule has 0 spiro atoms. The van der Waals surface area contributed by atoms with Crippen LogP contribution in [0.4, 0.5) is 0 Å². The van der Waals surface area contributed by atoms with E-state index < -0.39 is 0 Å². The Morgan fingerprint density at radius 2 is 1.88 bits per heavy atom. The van der Waals surface area contributed by atoms with Crippen molar-refractivity contribution in [1.82, 2.24) is 15.5 Å². The highest BCUT2D eigenvalue weighted by Gasteiger charge is 2.29. The summed E-state index contributed by atoms with van der Waals surface area (Å²) in [5, 5.41) is 8.38. The van der Waals surface area contributed by atoms with Gasteiger partial charge in [-0.15, -0.1) is 0 Å². The number of ether oxygens (including phenoxy) is 1. The van der Waals surface area contributed by atoms with E-state index in [2.05, 4.69) is 29.3 Å². The third-order valence-corrected chi connectivity index (χ3v) is 4.92. The maximum Gasteiger partial charge on any atom is 0.244 e. The topological polar surface area (TPSA) is 60.2 Å². The third-order valence-electron chi connectivity index (χ3n) is 4.71. The number of nitrogens with zero attached hydrogens (tertiary/aromatic N) is 2. The Bertz CT molecular complexity index is 672. The minimum Gasteiger partial charge on any atom is -0.381 e. The van der Waals surface area contributed by atoms with Crippen molar-refractivity contribution >= 4 is 11.6 Å². The first-order valence-corrected chi connectivity index (χ1v) is 8.79. The number of rotatable bonds is 5. The van der Waals surface area contributed by atoms with Gasteiger partial charge in [0, 0.05) is 24.8 Å². The van der Waals surface area contributed by atoms with Crippen LogP contribution in [0.3, 0.4) is 0 Å². The minimum atomic E-state index is 0.0459. The first-order valence-electron chi connectivity index (χ1n) is 8.41. The summed E-state index contributed by atoms with van der Waals surface area (Å²) in [4.78, 5) is 4.46. The first-order chi connectivity index (χ1) is 11.5. The second kappa shape index (κ2) is 7.64. The van der Waals surface area contributed by atoms with E-state index in [-0.39, 0.29) is 6.04 Å².